The summed E-state index contributed by atoms with van der Waals surface area (Å²) >= 11 is 0. The van der Waals surface area contributed by atoms with Crippen LogP contribution >= 0.6 is 0 Å². The van der Waals surface area contributed by atoms with Gasteiger partial charge in [0, 0.05) is 13.0 Å². The number of hydrogen-bond donors (Lipinski definition) is 1. The van der Waals surface area contributed by atoms with E-state index in [9.17, 15) is 4.79 Å². The SMILES string of the molecule is NC(=O)CCc1ccc(OCCN2CCCCC2)cc1. The van der Waals surface area contributed by atoms with Gasteiger partial charge >= 0.3 is 0 Å². The Morgan fingerprint density at radius 2 is 1.85 bits per heavy atom. The normalized spacial score (nSPS) is 16.0. The number of carbonyl (C=O) groups excluding carboxylic acids is 1. The van der Waals surface area contributed by atoms with Crippen molar-refractivity contribution in [1.82, 2.24) is 4.90 Å². The number of ether oxygens (including phenoxy) is 1. The Morgan fingerprint density at radius 3 is 2.50 bits per heavy atom. The molecule has 0 radical (unpaired) electrons. The first-order chi connectivity index (χ1) is 9.74. The number of nitrogens with two attached hydrogens (primary N) is 1. The zero-order valence-electron chi connectivity index (χ0n) is 12.0. The molecule has 0 saturated carbocycles. The Morgan fingerprint density at radius 1 is 1.15 bits per heavy atom. The molecule has 1 amide bonds. The molecule has 0 unspecified atom stereocenters. The van der Waals surface area contributed by atoms with Gasteiger partial charge < -0.3 is 10.5 Å². The van der Waals surface area contributed by atoms with Gasteiger partial charge in [-0.1, -0.05) is 18.6 Å². The summed E-state index contributed by atoms with van der Waals surface area (Å²) in [5, 5.41) is 0. The molecule has 1 saturated heterocycles. The zero-order chi connectivity index (χ0) is 14.2. The van der Waals surface area contributed by atoms with Gasteiger partial charge in [-0.2, -0.15) is 0 Å². The van der Waals surface area contributed by atoms with E-state index in [0.717, 1.165) is 24.5 Å². The molecule has 0 bridgehead atoms. The summed E-state index contributed by atoms with van der Waals surface area (Å²) in [5.74, 6) is 0.636. The Balaban J connectivity index is 1.69. The Labute approximate surface area is 120 Å². The zero-order valence-corrected chi connectivity index (χ0v) is 12.0. The minimum absolute atomic E-state index is 0.258. The van der Waals surface area contributed by atoms with Gasteiger partial charge in [0.25, 0.3) is 0 Å². The predicted octanol–water partition coefficient (Wildman–Crippen LogP) is 1.97. The summed E-state index contributed by atoms with van der Waals surface area (Å²) in [6, 6.07) is 7.93. The highest BCUT2D eigenvalue weighted by atomic mass is 16.5. The monoisotopic (exact) mass is 276 g/mol. The van der Waals surface area contributed by atoms with Crippen LogP contribution in [0.3, 0.4) is 0 Å². The molecule has 110 valence electrons. The summed E-state index contributed by atoms with van der Waals surface area (Å²) in [5.41, 5.74) is 6.26. The van der Waals surface area contributed by atoms with Crippen LogP contribution in [0.1, 0.15) is 31.2 Å². The molecule has 2 rings (SSSR count). The van der Waals surface area contributed by atoms with Crippen molar-refractivity contribution in [2.24, 2.45) is 5.73 Å². The molecular weight excluding hydrogens is 252 g/mol. The number of aryl methyl sites for hydroxylation is 1. The van der Waals surface area contributed by atoms with Crippen LogP contribution in [-0.2, 0) is 11.2 Å². The van der Waals surface area contributed by atoms with E-state index in [4.69, 9.17) is 10.5 Å². The minimum Gasteiger partial charge on any atom is -0.492 e. The van der Waals surface area contributed by atoms with Crippen LogP contribution in [0.5, 0.6) is 5.75 Å². The van der Waals surface area contributed by atoms with E-state index in [1.54, 1.807) is 0 Å². The van der Waals surface area contributed by atoms with Crippen molar-refractivity contribution in [2.75, 3.05) is 26.2 Å². The molecule has 1 fully saturated rings. The molecule has 4 heteroatoms. The highest BCUT2D eigenvalue weighted by Gasteiger charge is 2.09. The van der Waals surface area contributed by atoms with Gasteiger partial charge in [0.15, 0.2) is 0 Å². The molecule has 1 aliphatic rings. The third kappa shape index (κ3) is 5.21. The first kappa shape index (κ1) is 14.9. The summed E-state index contributed by atoms with van der Waals surface area (Å²) in [6.45, 7) is 4.15. The molecule has 0 aliphatic carbocycles. The van der Waals surface area contributed by atoms with Crippen molar-refractivity contribution in [1.29, 1.82) is 0 Å². The maximum atomic E-state index is 10.7. The van der Waals surface area contributed by atoms with E-state index in [1.165, 1.54) is 32.4 Å². The molecule has 0 spiro atoms. The Hall–Kier alpha value is -1.55. The van der Waals surface area contributed by atoms with Crippen LogP contribution in [0.2, 0.25) is 0 Å². The van der Waals surface area contributed by atoms with E-state index in [0.29, 0.717) is 12.8 Å². The van der Waals surface area contributed by atoms with Crippen LogP contribution in [0.15, 0.2) is 24.3 Å². The highest BCUT2D eigenvalue weighted by Crippen LogP contribution is 2.14. The molecule has 4 nitrogen and oxygen atoms in total. The molecule has 0 aromatic heterocycles. The molecule has 1 heterocycles. The van der Waals surface area contributed by atoms with Crippen LogP contribution in [0.25, 0.3) is 0 Å². The number of primary amides is 1. The highest BCUT2D eigenvalue weighted by molar-refractivity contribution is 5.74. The number of piperidine rings is 1. The summed E-state index contributed by atoms with van der Waals surface area (Å²) < 4.78 is 5.76. The summed E-state index contributed by atoms with van der Waals surface area (Å²) in [4.78, 5) is 13.2. The van der Waals surface area contributed by atoms with Crippen molar-refractivity contribution >= 4 is 5.91 Å². The van der Waals surface area contributed by atoms with Crippen LogP contribution in [0, 0.1) is 0 Å². The van der Waals surface area contributed by atoms with Gasteiger partial charge in [-0.25, -0.2) is 0 Å². The lowest BCUT2D eigenvalue weighted by Gasteiger charge is -2.26. The number of nitrogens with zero attached hydrogens (tertiary/aromatic N) is 1. The third-order valence-corrected chi connectivity index (χ3v) is 3.71. The first-order valence-electron chi connectivity index (χ1n) is 7.46. The van der Waals surface area contributed by atoms with Crippen molar-refractivity contribution in [3.8, 4) is 5.75 Å². The average Bonchev–Trinajstić information content (AvgIpc) is 2.47. The molecular formula is C16H24N2O2. The third-order valence-electron chi connectivity index (χ3n) is 3.71. The standard InChI is InChI=1S/C16H24N2O2/c17-16(19)9-6-14-4-7-15(8-5-14)20-13-12-18-10-2-1-3-11-18/h4-5,7-8H,1-3,6,9-13H2,(H2,17,19). The van der Waals surface area contributed by atoms with Crippen molar-refractivity contribution < 1.29 is 9.53 Å². The number of rotatable bonds is 7. The summed E-state index contributed by atoms with van der Waals surface area (Å²) in [6.07, 6.45) is 5.09. The van der Waals surface area contributed by atoms with Gasteiger partial charge in [-0.05, 0) is 50.0 Å². The Bertz CT molecular complexity index is 411. The maximum absolute atomic E-state index is 10.7. The smallest absolute Gasteiger partial charge is 0.217 e. The van der Waals surface area contributed by atoms with Gasteiger partial charge in [0.1, 0.15) is 12.4 Å². The van der Waals surface area contributed by atoms with E-state index in [-0.39, 0.29) is 5.91 Å². The molecule has 1 aliphatic heterocycles. The number of amides is 1. The quantitative estimate of drug-likeness (QED) is 0.828. The molecule has 0 atom stereocenters. The minimum atomic E-state index is -0.258. The number of hydrogen-bond acceptors (Lipinski definition) is 3. The second kappa shape index (κ2) is 7.90. The van der Waals surface area contributed by atoms with Crippen LogP contribution in [-0.4, -0.2) is 37.0 Å². The van der Waals surface area contributed by atoms with Crippen molar-refractivity contribution in [3.63, 3.8) is 0 Å². The second-order valence-electron chi connectivity index (χ2n) is 5.36. The van der Waals surface area contributed by atoms with E-state index >= 15 is 0 Å². The van der Waals surface area contributed by atoms with Crippen LogP contribution in [0.4, 0.5) is 0 Å². The van der Waals surface area contributed by atoms with Gasteiger partial charge in [-0.15, -0.1) is 0 Å². The van der Waals surface area contributed by atoms with Crippen molar-refractivity contribution in [3.05, 3.63) is 29.8 Å². The van der Waals surface area contributed by atoms with Gasteiger partial charge in [-0.3, -0.25) is 9.69 Å². The fourth-order valence-electron chi connectivity index (χ4n) is 2.50. The van der Waals surface area contributed by atoms with E-state index in [2.05, 4.69) is 4.90 Å². The number of carbonyl (C=O) groups is 1. The molecule has 1 aromatic rings. The topological polar surface area (TPSA) is 55.6 Å². The lowest BCUT2D eigenvalue weighted by molar-refractivity contribution is -0.117. The lowest BCUT2D eigenvalue weighted by atomic mass is 10.1. The van der Waals surface area contributed by atoms with E-state index in [1.807, 2.05) is 24.3 Å². The fraction of sp³-hybridized carbons (Fsp3) is 0.562. The molecule has 20 heavy (non-hydrogen) atoms. The Kier molecular flexibility index (Phi) is 5.87. The molecule has 1 aromatic carbocycles. The fourth-order valence-corrected chi connectivity index (χ4v) is 2.50. The first-order valence-corrected chi connectivity index (χ1v) is 7.46. The van der Waals surface area contributed by atoms with Gasteiger partial charge in [0.05, 0.1) is 0 Å². The number of likely N-dealkylation sites (tertiary alicyclic amines) is 1. The second-order valence-corrected chi connectivity index (χ2v) is 5.36. The lowest BCUT2D eigenvalue weighted by Crippen LogP contribution is -2.33. The maximum Gasteiger partial charge on any atom is 0.217 e. The number of benzene rings is 1. The molecule has 2 N–H and O–H groups in total. The summed E-state index contributed by atoms with van der Waals surface area (Å²) in [7, 11) is 0. The van der Waals surface area contributed by atoms with Crippen molar-refractivity contribution in [2.45, 2.75) is 32.1 Å². The largest absolute Gasteiger partial charge is 0.492 e. The van der Waals surface area contributed by atoms with Crippen LogP contribution < -0.4 is 10.5 Å². The van der Waals surface area contributed by atoms with E-state index < -0.39 is 0 Å². The average molecular weight is 276 g/mol. The predicted molar refractivity (Wildman–Crippen MR) is 79.7 cm³/mol. The van der Waals surface area contributed by atoms with Gasteiger partial charge in [0.2, 0.25) is 5.91 Å².